The van der Waals surface area contributed by atoms with Crippen LogP contribution in [0.2, 0.25) is 0 Å². The van der Waals surface area contributed by atoms with Gasteiger partial charge >= 0.3 is 0 Å². The molecule has 0 unspecified atom stereocenters. The topological polar surface area (TPSA) is 73.0 Å². The van der Waals surface area contributed by atoms with Crippen LogP contribution < -0.4 is 5.32 Å². The van der Waals surface area contributed by atoms with Gasteiger partial charge < -0.3 is 5.32 Å². The van der Waals surface area contributed by atoms with Gasteiger partial charge in [-0.3, -0.25) is 14.8 Å². The van der Waals surface area contributed by atoms with Gasteiger partial charge in [-0.25, -0.2) is 0 Å². The summed E-state index contributed by atoms with van der Waals surface area (Å²) in [5, 5.41) is 18.7. The molecule has 1 aliphatic carbocycles. The van der Waals surface area contributed by atoms with Crippen molar-refractivity contribution in [3.05, 3.63) is 57.4 Å². The van der Waals surface area contributed by atoms with Crippen molar-refractivity contribution >= 4 is 5.69 Å². The number of nitro groups is 1. The molecule has 0 aliphatic heterocycles. The monoisotopic (exact) mass is 286 g/mol. The minimum absolute atomic E-state index is 0.162. The van der Waals surface area contributed by atoms with Gasteiger partial charge in [-0.1, -0.05) is 12.1 Å². The van der Waals surface area contributed by atoms with Crippen LogP contribution >= 0.6 is 0 Å². The number of aromatic nitrogens is 2. The zero-order valence-corrected chi connectivity index (χ0v) is 12.0. The molecular formula is C15H18N4O2. The number of nitrogens with zero attached hydrogens (tertiary/aromatic N) is 3. The molecule has 1 aromatic carbocycles. The van der Waals surface area contributed by atoms with Gasteiger partial charge in [0, 0.05) is 36.0 Å². The van der Waals surface area contributed by atoms with E-state index in [4.69, 9.17) is 0 Å². The summed E-state index contributed by atoms with van der Waals surface area (Å²) in [4.78, 5) is 10.6. The normalized spacial score (nSPS) is 14.3. The highest BCUT2D eigenvalue weighted by atomic mass is 16.6. The quantitative estimate of drug-likeness (QED) is 0.653. The Morgan fingerprint density at radius 2 is 2.29 bits per heavy atom. The first kappa shape index (κ1) is 13.8. The molecule has 6 heteroatoms. The highest BCUT2D eigenvalue weighted by molar-refractivity contribution is 5.44. The minimum atomic E-state index is -0.340. The molecule has 1 saturated carbocycles. The molecule has 3 rings (SSSR count). The molecule has 1 N–H and O–H groups in total. The fraction of sp³-hybridized carbons (Fsp3) is 0.400. The lowest BCUT2D eigenvalue weighted by molar-refractivity contribution is -0.385. The van der Waals surface area contributed by atoms with E-state index in [1.807, 2.05) is 23.1 Å². The predicted molar refractivity (Wildman–Crippen MR) is 79.0 cm³/mol. The Bertz CT molecular complexity index is 661. The molecule has 0 bridgehead atoms. The predicted octanol–water partition coefficient (Wildman–Crippen LogP) is 2.40. The zero-order chi connectivity index (χ0) is 14.8. The lowest BCUT2D eigenvalue weighted by atomic mass is 10.1. The molecule has 1 aromatic heterocycles. The second-order valence-electron chi connectivity index (χ2n) is 5.52. The van der Waals surface area contributed by atoms with E-state index in [1.54, 1.807) is 13.0 Å². The van der Waals surface area contributed by atoms with Crippen molar-refractivity contribution in [1.29, 1.82) is 0 Å². The Hall–Kier alpha value is -2.21. The van der Waals surface area contributed by atoms with Gasteiger partial charge in [0.15, 0.2) is 0 Å². The molecular weight excluding hydrogens is 268 g/mol. The molecule has 0 amide bonds. The van der Waals surface area contributed by atoms with Crippen molar-refractivity contribution in [3.8, 4) is 0 Å². The van der Waals surface area contributed by atoms with E-state index in [-0.39, 0.29) is 10.6 Å². The van der Waals surface area contributed by atoms with Crippen molar-refractivity contribution in [2.24, 2.45) is 0 Å². The third-order valence-corrected chi connectivity index (χ3v) is 3.81. The van der Waals surface area contributed by atoms with E-state index in [0.29, 0.717) is 18.2 Å². The Balaban J connectivity index is 1.71. The van der Waals surface area contributed by atoms with Crippen molar-refractivity contribution in [1.82, 2.24) is 15.1 Å². The number of nitrogens with one attached hydrogen (secondary N) is 1. The summed E-state index contributed by atoms with van der Waals surface area (Å²) >= 11 is 0. The molecule has 1 aliphatic rings. The van der Waals surface area contributed by atoms with Crippen LogP contribution in [0.3, 0.4) is 0 Å². The molecule has 0 radical (unpaired) electrons. The highest BCUT2D eigenvalue weighted by Crippen LogP contribution is 2.22. The van der Waals surface area contributed by atoms with E-state index in [2.05, 4.69) is 10.4 Å². The van der Waals surface area contributed by atoms with Crippen molar-refractivity contribution in [2.75, 3.05) is 0 Å². The second kappa shape index (κ2) is 5.65. The summed E-state index contributed by atoms with van der Waals surface area (Å²) in [6.45, 7) is 3.17. The summed E-state index contributed by atoms with van der Waals surface area (Å²) in [7, 11) is 0. The average Bonchev–Trinajstić information content (AvgIpc) is 3.18. The van der Waals surface area contributed by atoms with Crippen LogP contribution in [0, 0.1) is 17.0 Å². The van der Waals surface area contributed by atoms with Crippen LogP contribution in [0.4, 0.5) is 5.69 Å². The molecule has 6 nitrogen and oxygen atoms in total. The number of rotatable bonds is 6. The summed E-state index contributed by atoms with van der Waals surface area (Å²) in [6, 6.07) is 5.84. The Labute approximate surface area is 122 Å². The largest absolute Gasteiger partial charge is 0.310 e. The number of benzene rings is 1. The first-order chi connectivity index (χ1) is 10.1. The highest BCUT2D eigenvalue weighted by Gasteiger charge is 2.20. The maximum Gasteiger partial charge on any atom is 0.272 e. The van der Waals surface area contributed by atoms with Gasteiger partial charge in [-0.15, -0.1) is 0 Å². The van der Waals surface area contributed by atoms with Gasteiger partial charge in [0.2, 0.25) is 0 Å². The fourth-order valence-corrected chi connectivity index (χ4v) is 2.35. The molecule has 0 saturated heterocycles. The van der Waals surface area contributed by atoms with E-state index >= 15 is 0 Å². The third kappa shape index (κ3) is 3.28. The number of nitro benzene ring substituents is 1. The molecule has 0 spiro atoms. The molecule has 1 fully saturated rings. The summed E-state index contributed by atoms with van der Waals surface area (Å²) < 4.78 is 1.83. The molecule has 110 valence electrons. The van der Waals surface area contributed by atoms with Gasteiger partial charge in [0.25, 0.3) is 5.69 Å². The standard InChI is InChI=1S/C15H18N4O2/c1-11-13(3-2-4-15(11)19(20)21)10-18-9-12(8-17-18)7-16-14-5-6-14/h2-4,8-9,14,16H,5-7,10H2,1H3. The van der Waals surface area contributed by atoms with Gasteiger partial charge in [0.05, 0.1) is 17.7 Å². The molecule has 1 heterocycles. The van der Waals surface area contributed by atoms with E-state index in [0.717, 1.165) is 17.7 Å². The smallest absolute Gasteiger partial charge is 0.272 e. The summed E-state index contributed by atoms with van der Waals surface area (Å²) in [5.74, 6) is 0. The third-order valence-electron chi connectivity index (χ3n) is 3.81. The first-order valence-corrected chi connectivity index (χ1v) is 7.11. The molecule has 21 heavy (non-hydrogen) atoms. The molecule has 0 atom stereocenters. The second-order valence-corrected chi connectivity index (χ2v) is 5.52. The fourth-order valence-electron chi connectivity index (χ4n) is 2.35. The van der Waals surface area contributed by atoms with Gasteiger partial charge in [-0.2, -0.15) is 5.10 Å². The van der Waals surface area contributed by atoms with E-state index in [9.17, 15) is 10.1 Å². The van der Waals surface area contributed by atoms with Crippen LogP contribution in [-0.2, 0) is 13.1 Å². The lowest BCUT2D eigenvalue weighted by Crippen LogP contribution is -2.14. The number of hydrogen-bond donors (Lipinski definition) is 1. The van der Waals surface area contributed by atoms with E-state index in [1.165, 1.54) is 18.9 Å². The Kier molecular flexibility index (Phi) is 3.70. The van der Waals surface area contributed by atoms with Crippen LogP contribution in [0.15, 0.2) is 30.6 Å². The Morgan fingerprint density at radius 1 is 1.48 bits per heavy atom. The number of hydrogen-bond acceptors (Lipinski definition) is 4. The van der Waals surface area contributed by atoms with Crippen LogP contribution in [0.5, 0.6) is 0 Å². The Morgan fingerprint density at radius 3 is 3.00 bits per heavy atom. The first-order valence-electron chi connectivity index (χ1n) is 7.11. The van der Waals surface area contributed by atoms with Crippen molar-refractivity contribution in [3.63, 3.8) is 0 Å². The van der Waals surface area contributed by atoms with Crippen LogP contribution in [-0.4, -0.2) is 20.7 Å². The maximum absolute atomic E-state index is 11.0. The van der Waals surface area contributed by atoms with Gasteiger partial charge in [0.1, 0.15) is 0 Å². The van der Waals surface area contributed by atoms with E-state index < -0.39 is 0 Å². The van der Waals surface area contributed by atoms with Crippen LogP contribution in [0.25, 0.3) is 0 Å². The van der Waals surface area contributed by atoms with Gasteiger partial charge in [-0.05, 0) is 25.3 Å². The maximum atomic E-state index is 11.0. The van der Waals surface area contributed by atoms with Crippen molar-refractivity contribution in [2.45, 2.75) is 38.9 Å². The average molecular weight is 286 g/mol. The molecule has 2 aromatic rings. The summed E-state index contributed by atoms with van der Waals surface area (Å²) in [5.41, 5.74) is 2.94. The lowest BCUT2D eigenvalue weighted by Gasteiger charge is -2.06. The minimum Gasteiger partial charge on any atom is -0.310 e. The van der Waals surface area contributed by atoms with Crippen LogP contribution in [0.1, 0.15) is 29.5 Å². The SMILES string of the molecule is Cc1c(Cn2cc(CNC3CC3)cn2)cccc1[N+](=O)[O-]. The zero-order valence-electron chi connectivity index (χ0n) is 12.0. The van der Waals surface area contributed by atoms with Crippen molar-refractivity contribution < 1.29 is 4.92 Å². The summed E-state index contributed by atoms with van der Waals surface area (Å²) in [6.07, 6.45) is 6.37.